The molecular formula is C45H58FN9O12S. The number of likely N-dealkylation sites (tertiary alicyclic amines) is 1. The van der Waals surface area contributed by atoms with Gasteiger partial charge in [-0.15, -0.1) is 0 Å². The second-order valence-electron chi connectivity index (χ2n) is 17.5. The lowest BCUT2D eigenvalue weighted by atomic mass is 9.78. The van der Waals surface area contributed by atoms with Gasteiger partial charge in [-0.05, 0) is 74.3 Å². The molecule has 1 aromatic carbocycles. The summed E-state index contributed by atoms with van der Waals surface area (Å²) in [5.41, 5.74) is 5.28. The molecule has 3 aliphatic heterocycles. The SMILES string of the molecule is Cc1c(F)cc2nc3c(c4c2c1CC[C@@H]4CNC(=O)COCNC(=O)CNC(=O)CNC(O)CNC(=O)CNC(O)CCCCCN1C(=O)C(S)CC1O)Cn1c-3cc2c(c1=O)COC(=O)[C@@H]2C. The fraction of sp³-hybridized carbons (Fsp3) is 0.556. The number of hydrogen-bond acceptors (Lipinski definition) is 16. The zero-order valence-corrected chi connectivity index (χ0v) is 38.7. The van der Waals surface area contributed by atoms with Gasteiger partial charge in [-0.25, -0.2) is 9.37 Å². The summed E-state index contributed by atoms with van der Waals surface area (Å²) in [5, 5.41) is 45.8. The smallest absolute Gasteiger partial charge is 0.313 e. The third-order valence-electron chi connectivity index (χ3n) is 12.9. The Labute approximate surface area is 395 Å². The van der Waals surface area contributed by atoms with Crippen molar-refractivity contribution >= 4 is 59.0 Å². The molecular weight excluding hydrogens is 910 g/mol. The van der Waals surface area contributed by atoms with Gasteiger partial charge < -0.3 is 55.5 Å². The molecule has 5 heterocycles. The van der Waals surface area contributed by atoms with Crippen LogP contribution in [0.2, 0.25) is 0 Å². The van der Waals surface area contributed by atoms with Gasteiger partial charge in [0.1, 0.15) is 44.4 Å². The van der Waals surface area contributed by atoms with Crippen molar-refractivity contribution in [3.8, 4) is 11.4 Å². The predicted molar refractivity (Wildman–Crippen MR) is 244 cm³/mol. The number of aromatic nitrogens is 2. The molecule has 21 nitrogen and oxygen atoms in total. The predicted octanol–water partition coefficient (Wildman–Crippen LogP) is -1.27. The molecule has 1 aliphatic carbocycles. The van der Waals surface area contributed by atoms with E-state index in [9.17, 15) is 48.9 Å². The molecule has 6 atom stereocenters. The monoisotopic (exact) mass is 967 g/mol. The van der Waals surface area contributed by atoms with Gasteiger partial charge in [-0.1, -0.05) is 6.42 Å². The van der Waals surface area contributed by atoms with Crippen LogP contribution in [-0.4, -0.2) is 142 Å². The van der Waals surface area contributed by atoms with Gasteiger partial charge in [-0.2, -0.15) is 12.6 Å². The minimum atomic E-state index is -1.29. The van der Waals surface area contributed by atoms with Gasteiger partial charge in [-0.3, -0.25) is 44.2 Å². The lowest BCUT2D eigenvalue weighted by Crippen LogP contribution is -2.48. The number of nitrogens with zero attached hydrogens (tertiary/aromatic N) is 3. The summed E-state index contributed by atoms with van der Waals surface area (Å²) in [6.07, 6.45) is 0.674. The summed E-state index contributed by atoms with van der Waals surface area (Å²) in [7, 11) is 0. The number of aliphatic hydroxyl groups is 3. The Bertz CT molecular complexity index is 2530. The number of aryl methyl sites for hydroxylation is 1. The van der Waals surface area contributed by atoms with Crippen LogP contribution in [0, 0.1) is 12.7 Å². The summed E-state index contributed by atoms with van der Waals surface area (Å²) in [6.45, 7) is 2.13. The Morgan fingerprint density at radius 2 is 1.68 bits per heavy atom. The van der Waals surface area contributed by atoms with E-state index >= 15 is 4.39 Å². The first kappa shape index (κ1) is 50.3. The number of fused-ring (bicyclic) bond motifs is 5. The molecule has 0 saturated carbocycles. The summed E-state index contributed by atoms with van der Waals surface area (Å²) in [5.74, 6) is -4.04. The van der Waals surface area contributed by atoms with Crippen LogP contribution in [-0.2, 0) is 57.8 Å². The van der Waals surface area contributed by atoms with E-state index in [1.54, 1.807) is 24.5 Å². The molecule has 68 heavy (non-hydrogen) atoms. The molecule has 0 spiro atoms. The molecule has 9 N–H and O–H groups in total. The highest BCUT2D eigenvalue weighted by Gasteiger charge is 2.38. The molecule has 4 unspecified atom stereocenters. The Morgan fingerprint density at radius 3 is 2.43 bits per heavy atom. The molecule has 368 valence electrons. The Morgan fingerprint density at radius 1 is 0.941 bits per heavy atom. The minimum Gasteiger partial charge on any atom is -0.460 e. The standard InChI is InChI=1S/C45H58FN9O12S/c1-22-25-8-7-24(40-27-18-55-31(42(27)53-30(41(25)40)11-29(22)46)10-26-23(2)45(65)67-19-28(26)43(55)63)13-47-38(61)20-66-21-52-37(60)17-51-36(59)16-50-35(58)15-49-34(57)14-48-33(56)6-4-3-5-9-54-39(62)12-32(68)44(54)64/h10-11,23-24,32-33,35,39,48,50,56,58,62,68H,3-9,12-21H2,1-2H3,(H,47,61)(H,49,57)(H,51,59)(H,52,60)/t23-,24-,32?,33?,35?,39?/m1/s1. The Balaban J connectivity index is 0.779. The van der Waals surface area contributed by atoms with Gasteiger partial charge >= 0.3 is 5.97 Å². The molecule has 4 aliphatic rings. The fourth-order valence-electron chi connectivity index (χ4n) is 9.15. The number of pyridine rings is 2. The molecule has 5 amide bonds. The first-order valence-corrected chi connectivity index (χ1v) is 23.3. The van der Waals surface area contributed by atoms with Crippen molar-refractivity contribution in [2.24, 2.45) is 0 Å². The summed E-state index contributed by atoms with van der Waals surface area (Å²) < 4.78 is 27.4. The van der Waals surface area contributed by atoms with Crippen LogP contribution in [0.15, 0.2) is 16.9 Å². The number of carbonyl (C=O) groups excluding carboxylic acids is 6. The fourth-order valence-corrected chi connectivity index (χ4v) is 9.48. The third-order valence-corrected chi connectivity index (χ3v) is 13.3. The Hall–Kier alpha value is -5.56. The molecule has 2 aromatic heterocycles. The maximum absolute atomic E-state index is 15.2. The number of amides is 5. The van der Waals surface area contributed by atoms with Crippen LogP contribution in [0.5, 0.6) is 0 Å². The molecule has 7 rings (SSSR count). The number of carbonyl (C=O) groups is 6. The van der Waals surface area contributed by atoms with Crippen LogP contribution in [0.1, 0.15) is 90.7 Å². The number of rotatable bonds is 22. The van der Waals surface area contributed by atoms with Crippen molar-refractivity contribution in [1.29, 1.82) is 0 Å². The lowest BCUT2D eigenvalue weighted by molar-refractivity contribution is -0.148. The summed E-state index contributed by atoms with van der Waals surface area (Å²) in [6, 6.07) is 3.20. The number of halogens is 1. The van der Waals surface area contributed by atoms with Crippen molar-refractivity contribution in [2.75, 3.05) is 52.6 Å². The topological polar surface area (TPSA) is 292 Å². The molecule has 3 aromatic rings. The number of nitrogens with one attached hydrogen (secondary N) is 6. The van der Waals surface area contributed by atoms with E-state index in [1.165, 1.54) is 11.0 Å². The van der Waals surface area contributed by atoms with Crippen molar-refractivity contribution in [1.82, 2.24) is 46.4 Å². The number of unbranched alkanes of at least 4 members (excludes halogenated alkanes) is 2. The first-order chi connectivity index (χ1) is 32.5. The average Bonchev–Trinajstić information content (AvgIpc) is 3.80. The molecule has 1 fully saturated rings. The first-order valence-electron chi connectivity index (χ1n) is 22.7. The third kappa shape index (κ3) is 11.5. The lowest BCUT2D eigenvalue weighted by Gasteiger charge is -2.29. The van der Waals surface area contributed by atoms with Crippen LogP contribution < -0.4 is 37.5 Å². The zero-order valence-electron chi connectivity index (χ0n) is 37.8. The van der Waals surface area contributed by atoms with Gasteiger partial charge in [0, 0.05) is 42.4 Å². The summed E-state index contributed by atoms with van der Waals surface area (Å²) in [4.78, 5) is 94.0. The van der Waals surface area contributed by atoms with Gasteiger partial charge in [0.25, 0.3) is 5.56 Å². The number of thiol groups is 1. The van der Waals surface area contributed by atoms with Crippen LogP contribution >= 0.6 is 12.6 Å². The second kappa shape index (κ2) is 22.2. The normalized spacial score (nSPS) is 20.0. The van der Waals surface area contributed by atoms with Crippen molar-refractivity contribution in [3.63, 3.8) is 0 Å². The maximum atomic E-state index is 15.2. The van der Waals surface area contributed by atoms with Crippen molar-refractivity contribution in [3.05, 3.63) is 61.7 Å². The molecule has 0 radical (unpaired) electrons. The van der Waals surface area contributed by atoms with Crippen molar-refractivity contribution < 1.29 is 58.0 Å². The highest BCUT2D eigenvalue weighted by molar-refractivity contribution is 7.81. The van der Waals surface area contributed by atoms with Crippen molar-refractivity contribution in [2.45, 2.75) is 108 Å². The largest absolute Gasteiger partial charge is 0.460 e. The second-order valence-corrected chi connectivity index (χ2v) is 18.1. The van der Waals surface area contributed by atoms with Gasteiger partial charge in [0.05, 0.1) is 66.4 Å². The highest BCUT2D eigenvalue weighted by atomic mass is 32.1. The highest BCUT2D eigenvalue weighted by Crippen LogP contribution is 2.46. The van der Waals surface area contributed by atoms with E-state index in [1.807, 2.05) is 0 Å². The van der Waals surface area contributed by atoms with E-state index in [0.29, 0.717) is 85.1 Å². The maximum Gasteiger partial charge on any atom is 0.313 e. The van der Waals surface area contributed by atoms with Crippen LogP contribution in [0.4, 0.5) is 4.39 Å². The molecule has 0 bridgehead atoms. The average molecular weight is 968 g/mol. The number of aliphatic hydroxyl groups excluding tert-OH is 3. The number of hydrogen-bond donors (Lipinski definition) is 10. The van der Waals surface area contributed by atoms with Gasteiger partial charge in [0.2, 0.25) is 29.5 Å². The van der Waals surface area contributed by atoms with E-state index in [0.717, 1.165) is 22.1 Å². The number of ether oxygens (including phenoxy) is 2. The van der Waals surface area contributed by atoms with E-state index < -0.39 is 66.0 Å². The van der Waals surface area contributed by atoms with Gasteiger partial charge in [0.15, 0.2) is 0 Å². The minimum absolute atomic E-state index is 0.118. The van der Waals surface area contributed by atoms with E-state index in [-0.39, 0.29) is 75.9 Å². The number of cyclic esters (lactones) is 1. The number of esters is 1. The molecule has 23 heteroatoms. The van der Waals surface area contributed by atoms with Crippen LogP contribution in [0.3, 0.4) is 0 Å². The molecule has 1 saturated heterocycles. The summed E-state index contributed by atoms with van der Waals surface area (Å²) >= 11 is 4.15. The number of benzene rings is 1. The van der Waals surface area contributed by atoms with Crippen LogP contribution in [0.25, 0.3) is 22.3 Å². The van der Waals surface area contributed by atoms with E-state index in [2.05, 4.69) is 44.5 Å². The quantitative estimate of drug-likeness (QED) is 0.0190. The zero-order chi connectivity index (χ0) is 48.8. The van der Waals surface area contributed by atoms with E-state index in [4.69, 9.17) is 14.5 Å². The Kier molecular flexibility index (Phi) is 16.5.